The molecule has 2 aliphatic heterocycles. The molecular weight excluding hydrogens is 273 g/mol. The third-order valence-corrected chi connectivity index (χ3v) is 3.97. The van der Waals surface area contributed by atoms with E-state index in [0.29, 0.717) is 5.69 Å². The molecule has 2 fully saturated rings. The van der Waals surface area contributed by atoms with E-state index in [4.69, 9.17) is 4.74 Å². The molecule has 0 N–H and O–H groups in total. The Labute approximate surface area is 103 Å². The topological polar surface area (TPSA) is 15.8 Å². The molecule has 4 heteroatoms. The van der Waals surface area contributed by atoms with E-state index >= 15 is 0 Å². The second-order valence-corrected chi connectivity index (χ2v) is 5.47. The molecule has 2 heterocycles. The lowest BCUT2D eigenvalue weighted by Gasteiger charge is -2.32. The predicted molar refractivity (Wildman–Crippen MR) is 64.2 cm³/mol. The van der Waals surface area contributed by atoms with Crippen molar-refractivity contribution in [2.45, 2.75) is 18.4 Å². The SMILES string of the molecule is Fc1cc(Br)ccc1N1CCC2(CC1)CO2. The molecule has 0 unspecified atom stereocenters. The van der Waals surface area contributed by atoms with Crippen LogP contribution in [0.3, 0.4) is 0 Å². The molecule has 2 saturated heterocycles. The summed E-state index contributed by atoms with van der Waals surface area (Å²) in [6.45, 7) is 2.67. The van der Waals surface area contributed by atoms with Crippen LogP contribution in [0.15, 0.2) is 22.7 Å². The van der Waals surface area contributed by atoms with Crippen molar-refractivity contribution in [3.63, 3.8) is 0 Å². The van der Waals surface area contributed by atoms with Gasteiger partial charge in [-0.15, -0.1) is 0 Å². The number of hydrogen-bond donors (Lipinski definition) is 0. The van der Waals surface area contributed by atoms with E-state index in [9.17, 15) is 4.39 Å². The number of ether oxygens (including phenoxy) is 1. The molecule has 0 bridgehead atoms. The molecule has 0 amide bonds. The van der Waals surface area contributed by atoms with E-state index in [1.54, 1.807) is 0 Å². The summed E-state index contributed by atoms with van der Waals surface area (Å²) in [7, 11) is 0. The summed E-state index contributed by atoms with van der Waals surface area (Å²) in [4.78, 5) is 2.11. The van der Waals surface area contributed by atoms with E-state index in [0.717, 1.165) is 37.0 Å². The van der Waals surface area contributed by atoms with Gasteiger partial charge in [0.15, 0.2) is 0 Å². The van der Waals surface area contributed by atoms with Crippen molar-refractivity contribution >= 4 is 21.6 Å². The van der Waals surface area contributed by atoms with Crippen molar-refractivity contribution in [2.24, 2.45) is 0 Å². The molecule has 0 radical (unpaired) electrons. The summed E-state index contributed by atoms with van der Waals surface area (Å²) >= 11 is 3.27. The van der Waals surface area contributed by atoms with Crippen LogP contribution in [0.5, 0.6) is 0 Å². The Balaban J connectivity index is 1.77. The van der Waals surface area contributed by atoms with Crippen LogP contribution in [0.1, 0.15) is 12.8 Å². The van der Waals surface area contributed by atoms with Gasteiger partial charge in [0.05, 0.1) is 17.9 Å². The highest BCUT2D eigenvalue weighted by atomic mass is 79.9. The molecule has 0 saturated carbocycles. The van der Waals surface area contributed by atoms with E-state index in [-0.39, 0.29) is 11.4 Å². The van der Waals surface area contributed by atoms with Crippen molar-refractivity contribution in [1.82, 2.24) is 0 Å². The largest absolute Gasteiger partial charge is 0.369 e. The summed E-state index contributed by atoms with van der Waals surface area (Å²) in [5.74, 6) is -0.151. The average Bonchev–Trinajstić information content (AvgIpc) is 3.00. The predicted octanol–water partition coefficient (Wildman–Crippen LogP) is 2.96. The molecule has 16 heavy (non-hydrogen) atoms. The molecule has 1 aromatic carbocycles. The first kappa shape index (κ1) is 10.5. The fourth-order valence-corrected chi connectivity index (χ4v) is 2.62. The highest BCUT2D eigenvalue weighted by Gasteiger charge is 2.46. The van der Waals surface area contributed by atoms with Gasteiger partial charge in [0.1, 0.15) is 5.82 Å². The third kappa shape index (κ3) is 1.84. The van der Waals surface area contributed by atoms with Crippen molar-refractivity contribution in [1.29, 1.82) is 0 Å². The van der Waals surface area contributed by atoms with Crippen LogP contribution in [0, 0.1) is 5.82 Å². The van der Waals surface area contributed by atoms with Gasteiger partial charge in [0.25, 0.3) is 0 Å². The minimum Gasteiger partial charge on any atom is -0.369 e. The number of nitrogens with zero attached hydrogens (tertiary/aromatic N) is 1. The maximum atomic E-state index is 13.7. The summed E-state index contributed by atoms with van der Waals surface area (Å²) in [5.41, 5.74) is 0.862. The van der Waals surface area contributed by atoms with Crippen LogP contribution in [-0.4, -0.2) is 25.3 Å². The lowest BCUT2D eigenvalue weighted by molar-refractivity contribution is 0.258. The molecule has 0 aliphatic carbocycles. The van der Waals surface area contributed by atoms with Crippen molar-refractivity contribution in [3.05, 3.63) is 28.5 Å². The van der Waals surface area contributed by atoms with Crippen LogP contribution in [0.4, 0.5) is 10.1 Å². The van der Waals surface area contributed by atoms with Gasteiger partial charge in [0, 0.05) is 17.6 Å². The van der Waals surface area contributed by atoms with Crippen LogP contribution >= 0.6 is 15.9 Å². The second kappa shape index (κ2) is 3.70. The monoisotopic (exact) mass is 285 g/mol. The van der Waals surface area contributed by atoms with Gasteiger partial charge in [-0.25, -0.2) is 4.39 Å². The number of rotatable bonds is 1. The first-order valence-electron chi connectivity index (χ1n) is 5.53. The van der Waals surface area contributed by atoms with Crippen molar-refractivity contribution in [3.8, 4) is 0 Å². The molecule has 3 rings (SSSR count). The van der Waals surface area contributed by atoms with Crippen molar-refractivity contribution < 1.29 is 9.13 Å². The number of piperidine rings is 1. The van der Waals surface area contributed by atoms with E-state index < -0.39 is 0 Å². The van der Waals surface area contributed by atoms with Gasteiger partial charge in [-0.05, 0) is 31.0 Å². The first-order chi connectivity index (χ1) is 7.69. The fourth-order valence-electron chi connectivity index (χ4n) is 2.28. The summed E-state index contributed by atoms with van der Waals surface area (Å²) in [6, 6.07) is 5.24. The summed E-state index contributed by atoms with van der Waals surface area (Å²) in [6.07, 6.45) is 2.03. The highest BCUT2D eigenvalue weighted by molar-refractivity contribution is 9.10. The van der Waals surface area contributed by atoms with E-state index in [1.165, 1.54) is 6.07 Å². The highest BCUT2D eigenvalue weighted by Crippen LogP contribution is 2.39. The summed E-state index contributed by atoms with van der Waals surface area (Å²) < 4.78 is 20.0. The smallest absolute Gasteiger partial charge is 0.147 e. The molecule has 1 aromatic rings. The molecule has 2 aliphatic rings. The zero-order valence-corrected chi connectivity index (χ0v) is 10.5. The normalized spacial score (nSPS) is 22.5. The number of epoxide rings is 1. The number of hydrogen-bond acceptors (Lipinski definition) is 2. The Bertz CT molecular complexity index is 409. The third-order valence-electron chi connectivity index (χ3n) is 3.48. The Morgan fingerprint density at radius 3 is 2.56 bits per heavy atom. The minimum absolute atomic E-state index is 0.151. The van der Waals surface area contributed by atoms with Gasteiger partial charge < -0.3 is 9.64 Å². The van der Waals surface area contributed by atoms with Crippen molar-refractivity contribution in [2.75, 3.05) is 24.6 Å². The fraction of sp³-hybridized carbons (Fsp3) is 0.500. The number of halogens is 2. The maximum Gasteiger partial charge on any atom is 0.147 e. The first-order valence-corrected chi connectivity index (χ1v) is 6.32. The molecule has 0 atom stereocenters. The Morgan fingerprint density at radius 1 is 1.31 bits per heavy atom. The van der Waals surface area contributed by atoms with E-state index in [2.05, 4.69) is 20.8 Å². The maximum absolute atomic E-state index is 13.7. The Morgan fingerprint density at radius 2 is 2.00 bits per heavy atom. The van der Waals surface area contributed by atoms with E-state index in [1.807, 2.05) is 12.1 Å². The van der Waals surface area contributed by atoms with Gasteiger partial charge in [0.2, 0.25) is 0 Å². The van der Waals surface area contributed by atoms with Gasteiger partial charge >= 0.3 is 0 Å². The average molecular weight is 286 g/mol. The Kier molecular flexibility index (Phi) is 2.44. The van der Waals surface area contributed by atoms with Gasteiger partial charge in [-0.2, -0.15) is 0 Å². The Hall–Kier alpha value is -0.610. The number of benzene rings is 1. The molecular formula is C12H13BrFNO. The summed E-state index contributed by atoms with van der Waals surface area (Å²) in [5, 5.41) is 0. The molecule has 86 valence electrons. The van der Waals surface area contributed by atoms with Gasteiger partial charge in [-0.1, -0.05) is 15.9 Å². The molecule has 2 nitrogen and oxygen atoms in total. The van der Waals surface area contributed by atoms with Crippen LogP contribution in [0.2, 0.25) is 0 Å². The zero-order valence-electron chi connectivity index (χ0n) is 8.88. The zero-order chi connectivity index (χ0) is 11.2. The second-order valence-electron chi connectivity index (χ2n) is 4.55. The lowest BCUT2D eigenvalue weighted by atomic mass is 9.97. The minimum atomic E-state index is -0.151. The molecule has 0 aromatic heterocycles. The standard InChI is InChI=1S/C12H13BrFNO/c13-9-1-2-11(10(14)7-9)15-5-3-12(4-6-15)8-16-12/h1-2,7H,3-6,8H2. The molecule has 1 spiro atoms. The quantitative estimate of drug-likeness (QED) is 0.738. The van der Waals surface area contributed by atoms with Crippen LogP contribution in [0.25, 0.3) is 0 Å². The lowest BCUT2D eigenvalue weighted by Crippen LogP contribution is -2.38. The van der Waals surface area contributed by atoms with Crippen LogP contribution < -0.4 is 4.90 Å². The van der Waals surface area contributed by atoms with Gasteiger partial charge in [-0.3, -0.25) is 0 Å². The number of anilines is 1. The van der Waals surface area contributed by atoms with Crippen LogP contribution in [-0.2, 0) is 4.74 Å².